The molecule has 1 atom stereocenters. The zero-order chi connectivity index (χ0) is 17.3. The first kappa shape index (κ1) is 16.7. The van der Waals surface area contributed by atoms with Crippen LogP contribution in [0.2, 0.25) is 0 Å². The number of rotatable bonds is 5. The SMILES string of the molecule is CC(=O)OCCC1CCn2c(c(C(=O)C(=O)Cl)c3ccccc32)C1. The number of carbonyl (C=O) groups excluding carboxylic acids is 3. The molecule has 6 heteroatoms. The molecular weight excluding hydrogens is 330 g/mol. The first-order valence-corrected chi connectivity index (χ1v) is 8.34. The maximum Gasteiger partial charge on any atom is 0.302 e. The van der Waals surface area contributed by atoms with Gasteiger partial charge in [-0.2, -0.15) is 0 Å². The first-order chi connectivity index (χ1) is 11.5. The summed E-state index contributed by atoms with van der Waals surface area (Å²) in [6.07, 6.45) is 2.35. The van der Waals surface area contributed by atoms with Gasteiger partial charge in [0.05, 0.1) is 12.2 Å². The van der Waals surface area contributed by atoms with Gasteiger partial charge >= 0.3 is 5.97 Å². The van der Waals surface area contributed by atoms with Crippen molar-refractivity contribution in [2.75, 3.05) is 6.61 Å². The quantitative estimate of drug-likeness (QED) is 0.361. The number of fused-ring (bicyclic) bond motifs is 3. The maximum absolute atomic E-state index is 12.3. The predicted molar refractivity (Wildman–Crippen MR) is 90.2 cm³/mol. The fourth-order valence-electron chi connectivity index (χ4n) is 3.48. The fourth-order valence-corrected chi connectivity index (χ4v) is 3.57. The molecule has 0 saturated heterocycles. The van der Waals surface area contributed by atoms with Gasteiger partial charge in [0.25, 0.3) is 5.24 Å². The van der Waals surface area contributed by atoms with Crippen LogP contribution in [-0.4, -0.2) is 28.2 Å². The van der Waals surface area contributed by atoms with Gasteiger partial charge in [-0.3, -0.25) is 14.4 Å². The number of hydrogen-bond donors (Lipinski definition) is 0. The average Bonchev–Trinajstić information content (AvgIpc) is 2.87. The number of Topliss-reactive ketones (excluding diaryl/α,β-unsaturated/α-hetero) is 1. The van der Waals surface area contributed by atoms with E-state index in [1.165, 1.54) is 6.92 Å². The molecule has 24 heavy (non-hydrogen) atoms. The number of hydrogen-bond acceptors (Lipinski definition) is 4. The number of esters is 1. The van der Waals surface area contributed by atoms with Crippen LogP contribution in [0.4, 0.5) is 0 Å². The van der Waals surface area contributed by atoms with Crippen molar-refractivity contribution in [3.8, 4) is 0 Å². The van der Waals surface area contributed by atoms with Crippen LogP contribution in [0.15, 0.2) is 24.3 Å². The standard InChI is InChI=1S/C18H18ClNO4/c1-11(21)24-9-7-12-6-8-20-14-5-3-2-4-13(14)16(15(20)10-12)17(22)18(19)23/h2-5,12H,6-10H2,1H3. The van der Waals surface area contributed by atoms with E-state index in [0.717, 1.165) is 36.0 Å². The summed E-state index contributed by atoms with van der Waals surface area (Å²) in [5.74, 6) is -0.635. The summed E-state index contributed by atoms with van der Waals surface area (Å²) in [5, 5.41) is -0.191. The molecule has 1 unspecified atom stereocenters. The van der Waals surface area contributed by atoms with Crippen LogP contribution in [0, 0.1) is 5.92 Å². The highest BCUT2D eigenvalue weighted by Crippen LogP contribution is 2.34. The molecule has 1 aromatic heterocycles. The predicted octanol–water partition coefficient (Wildman–Crippen LogP) is 3.11. The molecule has 0 amide bonds. The summed E-state index contributed by atoms with van der Waals surface area (Å²) in [6.45, 7) is 2.53. The van der Waals surface area contributed by atoms with Crippen molar-refractivity contribution in [1.82, 2.24) is 4.57 Å². The first-order valence-electron chi connectivity index (χ1n) is 7.96. The van der Waals surface area contributed by atoms with Crippen molar-refractivity contribution in [2.45, 2.75) is 32.7 Å². The van der Waals surface area contributed by atoms with Crippen molar-refractivity contribution in [3.63, 3.8) is 0 Å². The monoisotopic (exact) mass is 347 g/mol. The Labute approximate surface area is 144 Å². The number of halogens is 1. The average molecular weight is 348 g/mol. The summed E-state index contributed by atoms with van der Waals surface area (Å²) in [6, 6.07) is 7.57. The molecule has 1 aromatic carbocycles. The second kappa shape index (κ2) is 6.77. The van der Waals surface area contributed by atoms with Crippen LogP contribution < -0.4 is 0 Å². The molecule has 0 N–H and O–H groups in total. The third kappa shape index (κ3) is 3.08. The number of aromatic nitrogens is 1. The van der Waals surface area contributed by atoms with Gasteiger partial charge in [0, 0.05) is 30.1 Å². The molecule has 0 aliphatic carbocycles. The molecule has 2 aromatic rings. The van der Waals surface area contributed by atoms with Gasteiger partial charge in [-0.05, 0) is 42.8 Å². The van der Waals surface area contributed by atoms with Crippen LogP contribution in [0.25, 0.3) is 10.9 Å². The summed E-state index contributed by atoms with van der Waals surface area (Å²) in [4.78, 5) is 34.7. The number of ether oxygens (including phenoxy) is 1. The lowest BCUT2D eigenvalue weighted by Gasteiger charge is -2.25. The van der Waals surface area contributed by atoms with E-state index in [1.807, 2.05) is 24.3 Å². The Kier molecular flexibility index (Phi) is 4.71. The fraction of sp³-hybridized carbons (Fsp3) is 0.389. The van der Waals surface area contributed by atoms with Crippen molar-refractivity contribution >= 4 is 39.5 Å². The van der Waals surface area contributed by atoms with Crippen molar-refractivity contribution < 1.29 is 19.1 Å². The van der Waals surface area contributed by atoms with E-state index in [0.29, 0.717) is 24.5 Å². The minimum absolute atomic E-state index is 0.288. The minimum Gasteiger partial charge on any atom is -0.466 e. The summed E-state index contributed by atoms with van der Waals surface area (Å²) < 4.78 is 7.12. The van der Waals surface area contributed by atoms with E-state index in [4.69, 9.17) is 16.3 Å². The number of para-hydroxylation sites is 1. The molecule has 3 rings (SSSR count). The lowest BCUT2D eigenvalue weighted by Crippen LogP contribution is -2.23. The largest absolute Gasteiger partial charge is 0.466 e. The van der Waals surface area contributed by atoms with E-state index in [9.17, 15) is 14.4 Å². The molecule has 1 aliphatic heterocycles. The van der Waals surface area contributed by atoms with E-state index in [2.05, 4.69) is 4.57 Å². The summed E-state index contributed by atoms with van der Waals surface area (Å²) in [5.41, 5.74) is 2.23. The van der Waals surface area contributed by atoms with Gasteiger partial charge in [-0.25, -0.2) is 0 Å². The van der Waals surface area contributed by atoms with Gasteiger partial charge in [-0.1, -0.05) is 18.2 Å². The van der Waals surface area contributed by atoms with E-state index < -0.39 is 11.0 Å². The van der Waals surface area contributed by atoms with Crippen molar-refractivity contribution in [1.29, 1.82) is 0 Å². The molecule has 0 fully saturated rings. The number of aryl methyl sites for hydroxylation is 1. The molecule has 0 bridgehead atoms. The molecule has 5 nitrogen and oxygen atoms in total. The summed E-state index contributed by atoms with van der Waals surface area (Å²) in [7, 11) is 0. The molecule has 0 radical (unpaired) electrons. The van der Waals surface area contributed by atoms with E-state index >= 15 is 0 Å². The molecule has 0 spiro atoms. The minimum atomic E-state index is -0.962. The third-order valence-electron chi connectivity index (χ3n) is 4.56. The van der Waals surface area contributed by atoms with Crippen LogP contribution in [-0.2, 0) is 27.3 Å². The van der Waals surface area contributed by atoms with Crippen LogP contribution in [0.5, 0.6) is 0 Å². The smallest absolute Gasteiger partial charge is 0.302 e. The van der Waals surface area contributed by atoms with Gasteiger partial charge in [0.1, 0.15) is 0 Å². The number of nitrogens with zero attached hydrogens (tertiary/aromatic N) is 1. The van der Waals surface area contributed by atoms with Crippen LogP contribution in [0.1, 0.15) is 35.8 Å². The molecule has 1 aliphatic rings. The zero-order valence-electron chi connectivity index (χ0n) is 13.4. The summed E-state index contributed by atoms with van der Waals surface area (Å²) >= 11 is 5.46. The van der Waals surface area contributed by atoms with Gasteiger partial charge in [-0.15, -0.1) is 0 Å². The molecular formula is C18H18ClNO4. The normalized spacial score (nSPS) is 16.7. The Morgan fingerprint density at radius 3 is 2.75 bits per heavy atom. The highest BCUT2D eigenvalue weighted by molar-refractivity contribution is 6.83. The lowest BCUT2D eigenvalue weighted by atomic mass is 9.91. The van der Waals surface area contributed by atoms with Crippen LogP contribution >= 0.6 is 11.6 Å². The van der Waals surface area contributed by atoms with Gasteiger partial charge < -0.3 is 9.30 Å². The highest BCUT2D eigenvalue weighted by atomic mass is 35.5. The van der Waals surface area contributed by atoms with E-state index in [1.54, 1.807) is 0 Å². The van der Waals surface area contributed by atoms with Crippen molar-refractivity contribution in [3.05, 3.63) is 35.5 Å². The molecule has 2 heterocycles. The Balaban J connectivity index is 1.95. The molecule has 126 valence electrons. The maximum atomic E-state index is 12.3. The zero-order valence-corrected chi connectivity index (χ0v) is 14.1. The second-order valence-corrected chi connectivity index (χ2v) is 6.42. The Morgan fingerprint density at radius 2 is 2.04 bits per heavy atom. The Morgan fingerprint density at radius 1 is 1.29 bits per heavy atom. The van der Waals surface area contributed by atoms with Gasteiger partial charge in [0.2, 0.25) is 5.78 Å². The Hall–Kier alpha value is -2.14. The number of benzene rings is 1. The highest BCUT2D eigenvalue weighted by Gasteiger charge is 2.30. The van der Waals surface area contributed by atoms with E-state index in [-0.39, 0.29) is 5.97 Å². The number of carbonyl (C=O) groups is 3. The van der Waals surface area contributed by atoms with Crippen molar-refractivity contribution in [2.24, 2.45) is 5.92 Å². The third-order valence-corrected chi connectivity index (χ3v) is 4.73. The van der Waals surface area contributed by atoms with Crippen LogP contribution in [0.3, 0.4) is 0 Å². The van der Waals surface area contributed by atoms with Gasteiger partial charge in [0.15, 0.2) is 0 Å². The molecule has 0 saturated carbocycles. The lowest BCUT2D eigenvalue weighted by molar-refractivity contribution is -0.141. The second-order valence-electron chi connectivity index (χ2n) is 6.08. The number of ketones is 1. The topological polar surface area (TPSA) is 65.4 Å². The Bertz CT molecular complexity index is 824.